The number of ether oxygens (including phenoxy) is 1. The van der Waals surface area contributed by atoms with E-state index >= 15 is 0 Å². The number of methoxy groups -OCH3 is 1. The Morgan fingerprint density at radius 2 is 2.04 bits per heavy atom. The average Bonchev–Trinajstić information content (AvgIpc) is 2.53. The molecule has 0 aliphatic rings. The molecule has 0 saturated carbocycles. The summed E-state index contributed by atoms with van der Waals surface area (Å²) in [5, 5.41) is 4.75. The van der Waals surface area contributed by atoms with Gasteiger partial charge < -0.3 is 15.4 Å². The minimum atomic E-state index is -0.627. The van der Waals surface area contributed by atoms with Crippen LogP contribution in [0.4, 0.5) is 14.5 Å². The van der Waals surface area contributed by atoms with Crippen LogP contribution in [0.5, 0.6) is 5.75 Å². The summed E-state index contributed by atoms with van der Waals surface area (Å²) in [6.45, 7) is 1.83. The highest BCUT2D eigenvalue weighted by Gasteiger charge is 2.16. The molecular formula is C17H18ClF2N2O2+. The number of anilines is 1. The number of carbonyl (C=O) groups excluding carboxylic acids is 1. The zero-order valence-electron chi connectivity index (χ0n) is 13.3. The van der Waals surface area contributed by atoms with Gasteiger partial charge in [0.1, 0.15) is 23.4 Å². The molecule has 1 amide bonds. The summed E-state index contributed by atoms with van der Waals surface area (Å²) in [6, 6.07) is 8.00. The zero-order chi connectivity index (χ0) is 17.7. The lowest BCUT2D eigenvalue weighted by atomic mass is 10.1. The van der Waals surface area contributed by atoms with Gasteiger partial charge in [0, 0.05) is 17.3 Å². The van der Waals surface area contributed by atoms with Crippen molar-refractivity contribution in [2.75, 3.05) is 19.0 Å². The highest BCUT2D eigenvalue weighted by Crippen LogP contribution is 2.27. The van der Waals surface area contributed by atoms with Gasteiger partial charge >= 0.3 is 0 Å². The van der Waals surface area contributed by atoms with Gasteiger partial charge in [-0.25, -0.2) is 8.78 Å². The first-order valence-electron chi connectivity index (χ1n) is 7.32. The van der Waals surface area contributed by atoms with Gasteiger partial charge in [-0.05, 0) is 37.3 Å². The Bertz CT molecular complexity index is 741. The lowest BCUT2D eigenvalue weighted by molar-refractivity contribution is -0.682. The van der Waals surface area contributed by atoms with E-state index in [9.17, 15) is 13.6 Å². The first-order chi connectivity index (χ1) is 11.4. The quantitative estimate of drug-likeness (QED) is 0.837. The number of nitrogens with one attached hydrogen (secondary N) is 1. The molecule has 7 heteroatoms. The van der Waals surface area contributed by atoms with E-state index in [1.165, 1.54) is 19.2 Å². The van der Waals surface area contributed by atoms with Crippen LogP contribution in [0.15, 0.2) is 36.4 Å². The Morgan fingerprint density at radius 3 is 2.67 bits per heavy atom. The number of carbonyl (C=O) groups is 1. The van der Waals surface area contributed by atoms with Crippen molar-refractivity contribution in [3.05, 3.63) is 58.6 Å². The second-order valence-electron chi connectivity index (χ2n) is 5.29. The summed E-state index contributed by atoms with van der Waals surface area (Å²) in [4.78, 5) is 12.0. The molecule has 0 unspecified atom stereocenters. The Hall–Kier alpha value is -2.18. The molecule has 0 aromatic heterocycles. The van der Waals surface area contributed by atoms with Gasteiger partial charge in [0.25, 0.3) is 5.91 Å². The molecule has 0 bridgehead atoms. The largest absolute Gasteiger partial charge is 0.495 e. The van der Waals surface area contributed by atoms with Gasteiger partial charge in [-0.3, -0.25) is 4.79 Å². The zero-order valence-corrected chi connectivity index (χ0v) is 14.0. The molecule has 0 spiro atoms. The smallest absolute Gasteiger partial charge is 0.279 e. The molecule has 0 radical (unpaired) electrons. The SMILES string of the molecule is COc1ccc(NC(=O)C[NH2+][C@H](C)c2ccc(F)cc2F)cc1Cl. The van der Waals surface area contributed by atoms with Crippen molar-refractivity contribution in [3.63, 3.8) is 0 Å². The molecule has 24 heavy (non-hydrogen) atoms. The Kier molecular flexibility index (Phi) is 6.11. The third-order valence-corrected chi connectivity index (χ3v) is 3.84. The molecule has 1 atom stereocenters. The molecule has 0 aliphatic carbocycles. The molecule has 4 nitrogen and oxygen atoms in total. The molecule has 2 aromatic carbocycles. The first kappa shape index (κ1) is 18.2. The van der Waals surface area contributed by atoms with E-state index in [1.54, 1.807) is 30.4 Å². The van der Waals surface area contributed by atoms with Crippen molar-refractivity contribution in [3.8, 4) is 5.75 Å². The van der Waals surface area contributed by atoms with E-state index in [2.05, 4.69) is 5.32 Å². The second kappa shape index (κ2) is 8.08. The molecule has 2 rings (SSSR count). The number of hydrogen-bond acceptors (Lipinski definition) is 2. The van der Waals surface area contributed by atoms with Crippen molar-refractivity contribution in [2.45, 2.75) is 13.0 Å². The maximum atomic E-state index is 13.7. The van der Waals surface area contributed by atoms with Crippen LogP contribution in [0.3, 0.4) is 0 Å². The average molecular weight is 356 g/mol. The molecule has 0 saturated heterocycles. The standard InChI is InChI=1S/C17H17ClF2N2O2/c1-10(13-5-3-11(19)7-15(13)20)21-9-17(23)22-12-4-6-16(24-2)14(18)8-12/h3-8,10,21H,9H2,1-2H3,(H,22,23)/p+1/t10-/m1/s1. The van der Waals surface area contributed by atoms with Crippen LogP contribution in [0, 0.1) is 11.6 Å². The van der Waals surface area contributed by atoms with E-state index in [1.807, 2.05) is 0 Å². The highest BCUT2D eigenvalue weighted by molar-refractivity contribution is 6.32. The lowest BCUT2D eigenvalue weighted by Crippen LogP contribution is -2.86. The van der Waals surface area contributed by atoms with Crippen molar-refractivity contribution in [2.24, 2.45) is 0 Å². The van der Waals surface area contributed by atoms with Crippen LogP contribution >= 0.6 is 11.6 Å². The number of amides is 1. The minimum absolute atomic E-state index is 0.0850. The fourth-order valence-electron chi connectivity index (χ4n) is 2.24. The molecule has 0 fully saturated rings. The summed E-state index contributed by atoms with van der Waals surface area (Å²) in [5.74, 6) is -0.995. The van der Waals surface area contributed by atoms with Gasteiger partial charge in [0.2, 0.25) is 0 Å². The van der Waals surface area contributed by atoms with Crippen molar-refractivity contribution in [1.29, 1.82) is 0 Å². The third kappa shape index (κ3) is 4.66. The number of quaternary nitrogens is 1. The highest BCUT2D eigenvalue weighted by atomic mass is 35.5. The lowest BCUT2D eigenvalue weighted by Gasteiger charge is -2.12. The van der Waals surface area contributed by atoms with Crippen LogP contribution in [0.2, 0.25) is 5.02 Å². The Labute approximate surface area is 143 Å². The Morgan fingerprint density at radius 1 is 1.29 bits per heavy atom. The Balaban J connectivity index is 1.92. The van der Waals surface area contributed by atoms with Crippen LogP contribution in [-0.2, 0) is 4.79 Å². The molecule has 0 heterocycles. The van der Waals surface area contributed by atoms with E-state index in [0.717, 1.165) is 6.07 Å². The van der Waals surface area contributed by atoms with Crippen molar-refractivity contribution < 1.29 is 23.6 Å². The van der Waals surface area contributed by atoms with Crippen LogP contribution < -0.4 is 15.4 Å². The predicted octanol–water partition coefficient (Wildman–Crippen LogP) is 2.89. The summed E-state index contributed by atoms with van der Waals surface area (Å²) in [5.41, 5.74) is 0.886. The second-order valence-corrected chi connectivity index (χ2v) is 5.70. The topological polar surface area (TPSA) is 54.9 Å². The van der Waals surface area contributed by atoms with Gasteiger partial charge in [-0.15, -0.1) is 0 Å². The molecule has 0 aliphatic heterocycles. The summed E-state index contributed by atoms with van der Waals surface area (Å²) >= 11 is 5.99. The maximum Gasteiger partial charge on any atom is 0.279 e. The first-order valence-corrected chi connectivity index (χ1v) is 7.70. The monoisotopic (exact) mass is 355 g/mol. The third-order valence-electron chi connectivity index (χ3n) is 3.55. The minimum Gasteiger partial charge on any atom is -0.495 e. The van der Waals surface area contributed by atoms with Crippen LogP contribution in [0.1, 0.15) is 18.5 Å². The predicted molar refractivity (Wildman–Crippen MR) is 88.2 cm³/mol. The van der Waals surface area contributed by atoms with E-state index in [-0.39, 0.29) is 18.5 Å². The van der Waals surface area contributed by atoms with Gasteiger partial charge in [0.15, 0.2) is 6.54 Å². The van der Waals surface area contributed by atoms with E-state index in [0.29, 0.717) is 22.0 Å². The van der Waals surface area contributed by atoms with Gasteiger partial charge in [-0.1, -0.05) is 11.6 Å². The van der Waals surface area contributed by atoms with Gasteiger partial charge in [0.05, 0.1) is 12.1 Å². The van der Waals surface area contributed by atoms with Gasteiger partial charge in [-0.2, -0.15) is 0 Å². The number of nitrogens with two attached hydrogens (primary N) is 1. The molecule has 2 aromatic rings. The van der Waals surface area contributed by atoms with Crippen LogP contribution in [-0.4, -0.2) is 19.6 Å². The number of benzene rings is 2. The van der Waals surface area contributed by atoms with Crippen molar-refractivity contribution >= 4 is 23.2 Å². The number of halogens is 3. The van der Waals surface area contributed by atoms with Crippen LogP contribution in [0.25, 0.3) is 0 Å². The summed E-state index contributed by atoms with van der Waals surface area (Å²) < 4.78 is 31.7. The van der Waals surface area contributed by atoms with Crippen molar-refractivity contribution in [1.82, 2.24) is 0 Å². The normalized spacial score (nSPS) is 11.9. The maximum absolute atomic E-state index is 13.7. The molecule has 128 valence electrons. The number of rotatable bonds is 6. The van der Waals surface area contributed by atoms with E-state index < -0.39 is 11.6 Å². The number of hydrogen-bond donors (Lipinski definition) is 2. The van der Waals surface area contributed by atoms with E-state index in [4.69, 9.17) is 16.3 Å². The fraction of sp³-hybridized carbons (Fsp3) is 0.235. The fourth-order valence-corrected chi connectivity index (χ4v) is 2.50. The summed E-state index contributed by atoms with van der Waals surface area (Å²) in [7, 11) is 1.50. The summed E-state index contributed by atoms with van der Waals surface area (Å²) in [6.07, 6.45) is 0. The molecular weight excluding hydrogens is 338 g/mol. The molecule has 3 N–H and O–H groups in total.